The second-order valence-corrected chi connectivity index (χ2v) is 7.42. The van der Waals surface area contributed by atoms with E-state index in [1.165, 1.54) is 12.8 Å². The minimum Gasteiger partial charge on any atom is -0.302 e. The van der Waals surface area contributed by atoms with Gasteiger partial charge in [0.2, 0.25) is 0 Å². The van der Waals surface area contributed by atoms with Crippen molar-refractivity contribution in [3.63, 3.8) is 0 Å². The minimum atomic E-state index is -0.454. The number of benzene rings is 1. The van der Waals surface area contributed by atoms with Crippen LogP contribution in [0.1, 0.15) is 23.2 Å². The normalized spacial score (nSPS) is 21.5. The third-order valence-corrected chi connectivity index (χ3v) is 6.06. The highest BCUT2D eigenvalue weighted by Gasteiger charge is 2.28. The highest BCUT2D eigenvalue weighted by Crippen LogP contribution is 2.40. The molecule has 2 aliphatic rings. The number of likely N-dealkylation sites (tertiary alicyclic amines) is 1. The van der Waals surface area contributed by atoms with Gasteiger partial charge in [0.25, 0.3) is 0 Å². The summed E-state index contributed by atoms with van der Waals surface area (Å²) in [6, 6.07) is 10.5. The Balaban J connectivity index is 1.79. The Bertz CT molecular complexity index is 505. The zero-order valence-electron chi connectivity index (χ0n) is 11.5. The molecule has 0 aliphatic carbocycles. The van der Waals surface area contributed by atoms with E-state index in [1.54, 1.807) is 0 Å². The van der Waals surface area contributed by atoms with Gasteiger partial charge in [-0.25, -0.2) is 10.9 Å². The lowest BCUT2D eigenvalue weighted by molar-refractivity contribution is 0.0976. The van der Waals surface area contributed by atoms with Crippen LogP contribution in [0.15, 0.2) is 47.2 Å². The van der Waals surface area contributed by atoms with Gasteiger partial charge in [0.1, 0.15) is 0 Å². The Labute approximate surface area is 123 Å². The number of hydrogen-bond acceptors (Lipinski definition) is 2. The van der Waals surface area contributed by atoms with Gasteiger partial charge < -0.3 is 4.90 Å². The lowest BCUT2D eigenvalue weighted by atomic mass is 10.1. The van der Waals surface area contributed by atoms with Crippen molar-refractivity contribution in [2.24, 2.45) is 0 Å². The van der Waals surface area contributed by atoms with Gasteiger partial charge in [-0.3, -0.25) is 4.79 Å². The van der Waals surface area contributed by atoms with Crippen LogP contribution in [0.3, 0.4) is 0 Å². The number of carbonyl (C=O) groups is 1. The summed E-state index contributed by atoms with van der Waals surface area (Å²) in [5.74, 6) is 0.274. The van der Waals surface area contributed by atoms with Crippen LogP contribution in [0.4, 0.5) is 0 Å². The SMILES string of the molecule is O=C(c1c[c]ccc1)C(CN1CCCC1)[SH]1C=CC=C1. The molecule has 1 saturated heterocycles. The third-order valence-electron chi connectivity index (χ3n) is 3.91. The van der Waals surface area contributed by atoms with E-state index in [9.17, 15) is 4.79 Å². The van der Waals surface area contributed by atoms with Gasteiger partial charge in [-0.05, 0) is 48.9 Å². The maximum atomic E-state index is 12.8. The van der Waals surface area contributed by atoms with Crippen LogP contribution in [-0.4, -0.2) is 35.6 Å². The van der Waals surface area contributed by atoms with Crippen molar-refractivity contribution >= 4 is 16.7 Å². The fourth-order valence-corrected chi connectivity index (χ4v) is 4.77. The minimum absolute atomic E-state index is 0.0916. The largest absolute Gasteiger partial charge is 0.302 e. The molecule has 1 aromatic carbocycles. The quantitative estimate of drug-likeness (QED) is 0.663. The average Bonchev–Trinajstić information content (AvgIpc) is 3.18. The molecule has 3 heteroatoms. The van der Waals surface area contributed by atoms with E-state index in [1.807, 2.05) is 24.3 Å². The van der Waals surface area contributed by atoms with E-state index >= 15 is 0 Å². The third kappa shape index (κ3) is 3.05. The molecule has 3 rings (SSSR count). The lowest BCUT2D eigenvalue weighted by Gasteiger charge is -2.27. The number of carbonyl (C=O) groups excluding carboxylic acids is 1. The van der Waals surface area contributed by atoms with Gasteiger partial charge in [-0.2, -0.15) is 0 Å². The smallest absolute Gasteiger partial charge is 0.175 e. The van der Waals surface area contributed by atoms with E-state index in [0.29, 0.717) is 0 Å². The molecule has 0 bridgehead atoms. The van der Waals surface area contributed by atoms with Crippen molar-refractivity contribution in [3.8, 4) is 0 Å². The summed E-state index contributed by atoms with van der Waals surface area (Å²) in [6.07, 6.45) is 6.69. The number of nitrogens with zero attached hydrogens (tertiary/aromatic N) is 1. The molecule has 1 radical (unpaired) electrons. The monoisotopic (exact) mass is 286 g/mol. The first kappa shape index (κ1) is 13.7. The summed E-state index contributed by atoms with van der Waals surface area (Å²) in [6.45, 7) is 3.18. The number of hydrogen-bond donors (Lipinski definition) is 1. The molecular formula is C17H20NOS. The molecule has 1 unspecified atom stereocenters. The van der Waals surface area contributed by atoms with Gasteiger partial charge in [0.05, 0.1) is 5.25 Å². The molecule has 1 atom stereocenters. The van der Waals surface area contributed by atoms with Gasteiger partial charge in [0.15, 0.2) is 5.78 Å². The van der Waals surface area contributed by atoms with E-state index in [4.69, 9.17) is 0 Å². The average molecular weight is 286 g/mol. The second-order valence-electron chi connectivity index (χ2n) is 5.31. The first-order valence-electron chi connectivity index (χ1n) is 7.20. The van der Waals surface area contributed by atoms with Crippen molar-refractivity contribution in [1.29, 1.82) is 0 Å². The van der Waals surface area contributed by atoms with Crippen molar-refractivity contribution in [1.82, 2.24) is 4.90 Å². The van der Waals surface area contributed by atoms with Gasteiger partial charge in [0, 0.05) is 12.1 Å². The van der Waals surface area contributed by atoms with Crippen LogP contribution in [-0.2, 0) is 0 Å². The molecule has 1 aromatic rings. The summed E-state index contributed by atoms with van der Waals surface area (Å²) in [5, 5.41) is 4.51. The summed E-state index contributed by atoms with van der Waals surface area (Å²) in [4.78, 5) is 15.3. The van der Waals surface area contributed by atoms with Crippen LogP contribution < -0.4 is 0 Å². The first-order valence-corrected chi connectivity index (χ1v) is 8.74. The van der Waals surface area contributed by atoms with Gasteiger partial charge >= 0.3 is 0 Å². The van der Waals surface area contributed by atoms with Crippen molar-refractivity contribution in [3.05, 3.63) is 58.9 Å². The Kier molecular flexibility index (Phi) is 4.38. The van der Waals surface area contributed by atoms with Crippen LogP contribution in [0.5, 0.6) is 0 Å². The molecule has 105 valence electrons. The van der Waals surface area contributed by atoms with Crippen molar-refractivity contribution < 1.29 is 4.79 Å². The van der Waals surface area contributed by atoms with Crippen LogP contribution in [0.25, 0.3) is 0 Å². The zero-order chi connectivity index (χ0) is 13.8. The number of allylic oxidation sites excluding steroid dienone is 2. The lowest BCUT2D eigenvalue weighted by Crippen LogP contribution is -2.34. The van der Waals surface area contributed by atoms with Gasteiger partial charge in [-0.1, -0.05) is 30.4 Å². The fraction of sp³-hybridized carbons (Fsp3) is 0.353. The highest BCUT2D eigenvalue weighted by atomic mass is 32.2. The van der Waals surface area contributed by atoms with Crippen LogP contribution >= 0.6 is 10.9 Å². The summed E-state index contributed by atoms with van der Waals surface area (Å²) in [5.41, 5.74) is 0.799. The molecule has 0 aromatic heterocycles. The first-order chi connectivity index (χ1) is 9.84. The van der Waals surface area contributed by atoms with Gasteiger partial charge in [-0.15, -0.1) is 0 Å². The number of thiol groups is 1. The Morgan fingerprint density at radius 3 is 2.70 bits per heavy atom. The predicted octanol–water partition coefficient (Wildman–Crippen LogP) is 3.18. The molecular weight excluding hydrogens is 266 g/mol. The topological polar surface area (TPSA) is 20.3 Å². The summed E-state index contributed by atoms with van der Waals surface area (Å²) < 4.78 is 0. The molecule has 2 aliphatic heterocycles. The zero-order valence-corrected chi connectivity index (χ0v) is 12.4. The van der Waals surface area contributed by atoms with E-state index in [-0.39, 0.29) is 11.0 Å². The Morgan fingerprint density at radius 2 is 2.05 bits per heavy atom. The van der Waals surface area contributed by atoms with Crippen molar-refractivity contribution in [2.45, 2.75) is 18.1 Å². The molecule has 1 fully saturated rings. The molecule has 0 spiro atoms. The predicted molar refractivity (Wildman–Crippen MR) is 86.3 cm³/mol. The van der Waals surface area contributed by atoms with Crippen molar-refractivity contribution in [2.75, 3.05) is 19.6 Å². The van der Waals surface area contributed by atoms with Crippen LogP contribution in [0, 0.1) is 6.07 Å². The number of ketones is 1. The maximum Gasteiger partial charge on any atom is 0.175 e. The summed E-state index contributed by atoms with van der Waals surface area (Å²) >= 11 is 0. The fourth-order valence-electron chi connectivity index (χ4n) is 2.82. The molecule has 2 heterocycles. The van der Waals surface area contributed by atoms with E-state index < -0.39 is 10.9 Å². The van der Waals surface area contributed by atoms with Crippen LogP contribution in [0.2, 0.25) is 0 Å². The number of rotatable bonds is 5. The molecule has 0 amide bonds. The standard InChI is InChI=1S/C17H20NOS/c19-17(15-8-2-1-3-9-15)16(20-12-6-7-13-20)14-18-10-4-5-11-18/h1-2,6-9,12-13,16,20H,4-5,10-11,14H2. The maximum absolute atomic E-state index is 12.8. The Hall–Kier alpha value is -1.32. The molecule has 2 nitrogen and oxygen atoms in total. The molecule has 20 heavy (non-hydrogen) atoms. The van der Waals surface area contributed by atoms with E-state index in [2.05, 4.69) is 33.9 Å². The van der Waals surface area contributed by atoms with E-state index in [0.717, 1.165) is 25.2 Å². The Morgan fingerprint density at radius 1 is 1.30 bits per heavy atom. The molecule has 0 saturated carbocycles. The summed E-state index contributed by atoms with van der Waals surface area (Å²) in [7, 11) is -0.454. The molecule has 0 N–H and O–H groups in total. The number of Topliss-reactive ketones (excluding diaryl/α,β-unsaturated/α-hetero) is 1. The highest BCUT2D eigenvalue weighted by molar-refractivity contribution is 8.23. The second kappa shape index (κ2) is 6.42.